The molecule has 0 spiro atoms. The summed E-state index contributed by atoms with van der Waals surface area (Å²) in [6, 6.07) is 1.23. The molecule has 0 bridgehead atoms. The molecule has 6 heteroatoms. The van der Waals surface area contributed by atoms with Crippen molar-refractivity contribution in [2.75, 3.05) is 13.2 Å². The van der Waals surface area contributed by atoms with Crippen molar-refractivity contribution >= 4 is 11.9 Å². The topological polar surface area (TPSA) is 72.6 Å². The SMILES string of the molecule is CCOC(=O)C1CCCN1C(=O)c1cc(C2CC2)on1. The van der Waals surface area contributed by atoms with Crippen molar-refractivity contribution in [1.29, 1.82) is 0 Å². The van der Waals surface area contributed by atoms with Crippen LogP contribution < -0.4 is 0 Å². The van der Waals surface area contributed by atoms with E-state index in [4.69, 9.17) is 9.26 Å². The summed E-state index contributed by atoms with van der Waals surface area (Å²) in [6.07, 6.45) is 3.65. The Morgan fingerprint density at radius 1 is 1.45 bits per heavy atom. The average Bonchev–Trinajstić information content (AvgIpc) is 3.00. The van der Waals surface area contributed by atoms with Crippen LogP contribution in [0.15, 0.2) is 10.6 Å². The predicted molar refractivity (Wildman–Crippen MR) is 69.2 cm³/mol. The lowest BCUT2D eigenvalue weighted by Crippen LogP contribution is -2.41. The lowest BCUT2D eigenvalue weighted by Gasteiger charge is -2.21. The molecule has 1 amide bonds. The molecule has 20 heavy (non-hydrogen) atoms. The molecular weight excluding hydrogens is 260 g/mol. The van der Waals surface area contributed by atoms with Gasteiger partial charge in [0.15, 0.2) is 5.69 Å². The van der Waals surface area contributed by atoms with Crippen molar-refractivity contribution < 1.29 is 18.8 Å². The van der Waals surface area contributed by atoms with Crippen LogP contribution in [0.3, 0.4) is 0 Å². The van der Waals surface area contributed by atoms with E-state index in [1.54, 1.807) is 17.9 Å². The van der Waals surface area contributed by atoms with E-state index in [0.29, 0.717) is 31.2 Å². The number of aromatic nitrogens is 1. The second kappa shape index (κ2) is 5.26. The third-order valence-electron chi connectivity index (χ3n) is 3.80. The average molecular weight is 278 g/mol. The summed E-state index contributed by atoms with van der Waals surface area (Å²) in [7, 11) is 0. The van der Waals surface area contributed by atoms with Crippen molar-refractivity contribution in [2.45, 2.75) is 44.6 Å². The van der Waals surface area contributed by atoms with Crippen LogP contribution in [0, 0.1) is 0 Å². The van der Waals surface area contributed by atoms with Crippen LogP contribution in [0.4, 0.5) is 0 Å². The second-order valence-corrected chi connectivity index (χ2v) is 5.30. The fraction of sp³-hybridized carbons (Fsp3) is 0.643. The van der Waals surface area contributed by atoms with Gasteiger partial charge >= 0.3 is 5.97 Å². The number of amides is 1. The first-order chi connectivity index (χ1) is 9.70. The zero-order valence-corrected chi connectivity index (χ0v) is 11.5. The van der Waals surface area contributed by atoms with Crippen molar-refractivity contribution in [3.05, 3.63) is 17.5 Å². The van der Waals surface area contributed by atoms with Gasteiger partial charge in [0.2, 0.25) is 0 Å². The Bertz CT molecular complexity index is 521. The van der Waals surface area contributed by atoms with Crippen molar-refractivity contribution in [1.82, 2.24) is 10.1 Å². The zero-order chi connectivity index (χ0) is 14.1. The van der Waals surface area contributed by atoms with Crippen molar-refractivity contribution in [3.8, 4) is 0 Å². The molecule has 6 nitrogen and oxygen atoms in total. The quantitative estimate of drug-likeness (QED) is 0.784. The van der Waals surface area contributed by atoms with Crippen LogP contribution in [-0.2, 0) is 9.53 Å². The maximum Gasteiger partial charge on any atom is 0.328 e. The lowest BCUT2D eigenvalue weighted by molar-refractivity contribution is -0.147. The van der Waals surface area contributed by atoms with Crippen LogP contribution in [0.5, 0.6) is 0 Å². The lowest BCUT2D eigenvalue weighted by atomic mass is 10.2. The molecule has 1 aliphatic heterocycles. The Kier molecular flexibility index (Phi) is 3.46. The predicted octanol–water partition coefficient (Wildman–Crippen LogP) is 1.72. The molecule has 1 saturated carbocycles. The normalized spacial score (nSPS) is 22.1. The number of hydrogen-bond donors (Lipinski definition) is 0. The van der Waals surface area contributed by atoms with Gasteiger partial charge in [0.25, 0.3) is 5.91 Å². The van der Waals surface area contributed by atoms with Gasteiger partial charge in [-0.3, -0.25) is 4.79 Å². The molecule has 2 fully saturated rings. The Morgan fingerprint density at radius 3 is 2.95 bits per heavy atom. The van der Waals surface area contributed by atoms with Crippen LogP contribution in [-0.4, -0.2) is 41.1 Å². The van der Waals surface area contributed by atoms with E-state index in [0.717, 1.165) is 25.0 Å². The van der Waals surface area contributed by atoms with E-state index < -0.39 is 6.04 Å². The van der Waals surface area contributed by atoms with Crippen LogP contribution >= 0.6 is 0 Å². The molecule has 0 aromatic carbocycles. The summed E-state index contributed by atoms with van der Waals surface area (Å²) in [4.78, 5) is 25.8. The number of carbonyl (C=O) groups is 2. The van der Waals surface area contributed by atoms with Gasteiger partial charge in [0.05, 0.1) is 6.61 Å². The van der Waals surface area contributed by atoms with Gasteiger partial charge in [-0.15, -0.1) is 0 Å². The monoisotopic (exact) mass is 278 g/mol. The first-order valence-electron chi connectivity index (χ1n) is 7.15. The number of carbonyl (C=O) groups excluding carboxylic acids is 2. The number of ether oxygens (including phenoxy) is 1. The molecule has 1 atom stereocenters. The molecule has 1 saturated heterocycles. The highest BCUT2D eigenvalue weighted by Gasteiger charge is 2.37. The Labute approximate surface area is 117 Å². The first kappa shape index (κ1) is 13.1. The summed E-state index contributed by atoms with van der Waals surface area (Å²) in [5.74, 6) is 0.629. The summed E-state index contributed by atoms with van der Waals surface area (Å²) in [5, 5.41) is 3.84. The van der Waals surface area contributed by atoms with Crippen molar-refractivity contribution in [3.63, 3.8) is 0 Å². The summed E-state index contributed by atoms with van der Waals surface area (Å²) < 4.78 is 10.2. The maximum atomic E-state index is 12.4. The highest BCUT2D eigenvalue weighted by Crippen LogP contribution is 2.40. The minimum absolute atomic E-state index is 0.240. The standard InChI is InChI=1S/C14H18N2O4/c1-2-19-14(18)11-4-3-7-16(11)13(17)10-8-12(20-15-10)9-5-6-9/h8-9,11H,2-7H2,1H3. The van der Waals surface area contributed by atoms with Crippen LogP contribution in [0.2, 0.25) is 0 Å². The molecule has 1 unspecified atom stereocenters. The number of likely N-dealkylation sites (tertiary alicyclic amines) is 1. The van der Waals surface area contributed by atoms with Gasteiger partial charge in [-0.1, -0.05) is 5.16 Å². The summed E-state index contributed by atoms with van der Waals surface area (Å²) in [5.41, 5.74) is 0.295. The Balaban J connectivity index is 1.72. The van der Waals surface area contributed by atoms with Gasteiger partial charge in [0, 0.05) is 18.5 Å². The second-order valence-electron chi connectivity index (χ2n) is 5.30. The molecule has 108 valence electrons. The van der Waals surface area contributed by atoms with Gasteiger partial charge in [-0.05, 0) is 32.6 Å². The molecule has 0 N–H and O–H groups in total. The maximum absolute atomic E-state index is 12.4. The molecule has 1 aromatic heterocycles. The van der Waals surface area contributed by atoms with Crippen LogP contribution in [0.1, 0.15) is 54.8 Å². The van der Waals surface area contributed by atoms with E-state index in [-0.39, 0.29) is 11.9 Å². The fourth-order valence-electron chi connectivity index (χ4n) is 2.59. The van der Waals surface area contributed by atoms with E-state index in [2.05, 4.69) is 5.16 Å². The number of esters is 1. The minimum atomic E-state index is -0.483. The van der Waals surface area contributed by atoms with Crippen molar-refractivity contribution in [2.24, 2.45) is 0 Å². The highest BCUT2D eigenvalue weighted by molar-refractivity contribution is 5.95. The Hall–Kier alpha value is -1.85. The zero-order valence-electron chi connectivity index (χ0n) is 11.5. The third-order valence-corrected chi connectivity index (χ3v) is 3.80. The van der Waals surface area contributed by atoms with Crippen LogP contribution in [0.25, 0.3) is 0 Å². The van der Waals surface area contributed by atoms with E-state index in [1.807, 2.05) is 0 Å². The third kappa shape index (κ3) is 2.42. The van der Waals surface area contributed by atoms with E-state index in [1.165, 1.54) is 0 Å². The van der Waals surface area contributed by atoms with Gasteiger partial charge in [0.1, 0.15) is 11.8 Å². The number of hydrogen-bond acceptors (Lipinski definition) is 5. The van der Waals surface area contributed by atoms with Gasteiger partial charge in [-0.25, -0.2) is 4.79 Å². The molecule has 1 aromatic rings. The smallest absolute Gasteiger partial charge is 0.328 e. The molecule has 3 rings (SSSR count). The number of nitrogens with zero attached hydrogens (tertiary/aromatic N) is 2. The van der Waals surface area contributed by atoms with E-state index in [9.17, 15) is 9.59 Å². The first-order valence-corrected chi connectivity index (χ1v) is 7.15. The van der Waals surface area contributed by atoms with E-state index >= 15 is 0 Å². The molecule has 2 aliphatic rings. The highest BCUT2D eigenvalue weighted by atomic mass is 16.5. The largest absolute Gasteiger partial charge is 0.464 e. The van der Waals surface area contributed by atoms with Gasteiger partial charge < -0.3 is 14.2 Å². The number of rotatable bonds is 4. The molecular formula is C14H18N2O4. The Morgan fingerprint density at radius 2 is 2.25 bits per heavy atom. The summed E-state index contributed by atoms with van der Waals surface area (Å²) in [6.45, 7) is 2.65. The van der Waals surface area contributed by atoms with Gasteiger partial charge in [-0.2, -0.15) is 0 Å². The fourth-order valence-corrected chi connectivity index (χ4v) is 2.59. The summed E-state index contributed by atoms with van der Waals surface area (Å²) >= 11 is 0. The molecule has 1 aliphatic carbocycles. The molecule has 2 heterocycles. The minimum Gasteiger partial charge on any atom is -0.464 e. The molecule has 0 radical (unpaired) electrons.